The van der Waals surface area contributed by atoms with Gasteiger partial charge in [0.15, 0.2) is 0 Å². The van der Waals surface area contributed by atoms with Gasteiger partial charge < -0.3 is 19.3 Å². The molecule has 1 aromatic carbocycles. The SMILES string of the molecule is CCOC(=O)N1CCC(N2CCC3(CC2)CC2CC(=O)OC2c2ccccc23)CC1. The Morgan fingerprint density at radius 1 is 1.17 bits per heavy atom. The average Bonchev–Trinajstić information content (AvgIpc) is 3.15. The third-order valence-electron chi connectivity index (χ3n) is 7.87. The monoisotopic (exact) mass is 412 g/mol. The molecule has 0 bridgehead atoms. The molecule has 4 aliphatic rings. The summed E-state index contributed by atoms with van der Waals surface area (Å²) in [5.74, 6) is 0.286. The maximum atomic E-state index is 12.0. The molecule has 1 aliphatic carbocycles. The van der Waals surface area contributed by atoms with Crippen molar-refractivity contribution >= 4 is 12.1 Å². The van der Waals surface area contributed by atoms with E-state index in [0.29, 0.717) is 25.0 Å². The standard InChI is InChI=1S/C24H32N2O4/c1-2-29-23(28)26-11-7-18(8-12-26)25-13-9-24(10-14-25)16-17-15-21(27)30-22(17)19-5-3-4-6-20(19)24/h3-6,17-18,22H,2,7-16H2,1H3. The van der Waals surface area contributed by atoms with E-state index in [9.17, 15) is 9.59 Å². The molecule has 3 saturated heterocycles. The number of rotatable bonds is 2. The zero-order valence-corrected chi connectivity index (χ0v) is 17.8. The fraction of sp³-hybridized carbons (Fsp3) is 0.667. The molecule has 5 rings (SSSR count). The molecule has 0 N–H and O–H groups in total. The first-order chi connectivity index (χ1) is 14.6. The molecule has 3 aliphatic heterocycles. The lowest BCUT2D eigenvalue weighted by molar-refractivity contribution is -0.142. The van der Waals surface area contributed by atoms with Crippen molar-refractivity contribution in [1.82, 2.24) is 9.80 Å². The van der Waals surface area contributed by atoms with E-state index in [1.807, 2.05) is 11.8 Å². The van der Waals surface area contributed by atoms with Crippen LogP contribution in [0.15, 0.2) is 24.3 Å². The second-order valence-electron chi connectivity index (χ2n) is 9.40. The summed E-state index contributed by atoms with van der Waals surface area (Å²) >= 11 is 0. The summed E-state index contributed by atoms with van der Waals surface area (Å²) in [7, 11) is 0. The summed E-state index contributed by atoms with van der Waals surface area (Å²) in [6, 6.07) is 9.20. The maximum Gasteiger partial charge on any atom is 0.409 e. The van der Waals surface area contributed by atoms with Gasteiger partial charge in [-0.05, 0) is 68.7 Å². The van der Waals surface area contributed by atoms with Crippen LogP contribution in [-0.4, -0.2) is 60.7 Å². The predicted molar refractivity (Wildman–Crippen MR) is 112 cm³/mol. The molecule has 2 unspecified atom stereocenters. The van der Waals surface area contributed by atoms with Crippen LogP contribution in [0.1, 0.15) is 62.7 Å². The molecule has 2 atom stereocenters. The summed E-state index contributed by atoms with van der Waals surface area (Å²) in [4.78, 5) is 28.5. The first kappa shape index (κ1) is 19.9. The fourth-order valence-corrected chi connectivity index (χ4v) is 6.36. The molecule has 1 amide bonds. The highest BCUT2D eigenvalue weighted by Crippen LogP contribution is 2.54. The summed E-state index contributed by atoms with van der Waals surface area (Å²) in [6.07, 6.45) is 5.75. The summed E-state index contributed by atoms with van der Waals surface area (Å²) in [5.41, 5.74) is 2.84. The highest BCUT2D eigenvalue weighted by Gasteiger charge is 2.50. The number of ether oxygens (including phenoxy) is 2. The number of piperidine rings is 2. The van der Waals surface area contributed by atoms with Crippen LogP contribution in [0.2, 0.25) is 0 Å². The number of hydrogen-bond donors (Lipinski definition) is 0. The van der Waals surface area contributed by atoms with Gasteiger partial charge in [0.1, 0.15) is 6.10 Å². The van der Waals surface area contributed by atoms with E-state index in [-0.39, 0.29) is 23.6 Å². The van der Waals surface area contributed by atoms with Crippen LogP contribution in [0.4, 0.5) is 4.79 Å². The summed E-state index contributed by atoms with van der Waals surface area (Å²) < 4.78 is 10.8. The van der Waals surface area contributed by atoms with E-state index in [2.05, 4.69) is 29.2 Å². The number of esters is 1. The number of hydrogen-bond acceptors (Lipinski definition) is 5. The molecule has 0 saturated carbocycles. The highest BCUT2D eigenvalue weighted by atomic mass is 16.6. The number of carbonyl (C=O) groups excluding carboxylic acids is 2. The van der Waals surface area contributed by atoms with Crippen LogP contribution >= 0.6 is 0 Å². The van der Waals surface area contributed by atoms with Gasteiger partial charge in [-0.25, -0.2) is 4.79 Å². The number of likely N-dealkylation sites (tertiary alicyclic amines) is 2. The van der Waals surface area contributed by atoms with E-state index in [0.717, 1.165) is 58.3 Å². The zero-order valence-electron chi connectivity index (χ0n) is 17.8. The Morgan fingerprint density at radius 2 is 1.90 bits per heavy atom. The molecule has 3 fully saturated rings. The smallest absolute Gasteiger partial charge is 0.409 e. The second kappa shape index (κ2) is 7.88. The van der Waals surface area contributed by atoms with Crippen LogP contribution in [0.5, 0.6) is 0 Å². The minimum absolute atomic E-state index is 0.0374. The number of nitrogens with zero attached hydrogens (tertiary/aromatic N) is 2. The molecule has 162 valence electrons. The van der Waals surface area contributed by atoms with Gasteiger partial charge in [-0.1, -0.05) is 24.3 Å². The van der Waals surface area contributed by atoms with Crippen molar-refractivity contribution < 1.29 is 19.1 Å². The van der Waals surface area contributed by atoms with Gasteiger partial charge in [0.05, 0.1) is 13.0 Å². The maximum absolute atomic E-state index is 12.0. The third kappa shape index (κ3) is 3.39. The molecule has 6 nitrogen and oxygen atoms in total. The van der Waals surface area contributed by atoms with Crippen LogP contribution in [0, 0.1) is 5.92 Å². The normalized spacial score (nSPS) is 28.7. The van der Waals surface area contributed by atoms with Crippen molar-refractivity contribution in [2.45, 2.75) is 63.0 Å². The second-order valence-corrected chi connectivity index (χ2v) is 9.40. The Kier molecular flexibility index (Phi) is 5.21. The molecular formula is C24H32N2O4. The van der Waals surface area contributed by atoms with Crippen molar-refractivity contribution in [3.63, 3.8) is 0 Å². The highest BCUT2D eigenvalue weighted by molar-refractivity contribution is 5.73. The van der Waals surface area contributed by atoms with Crippen LogP contribution < -0.4 is 0 Å². The third-order valence-corrected chi connectivity index (χ3v) is 7.87. The predicted octanol–water partition coefficient (Wildman–Crippen LogP) is 3.65. The molecule has 0 radical (unpaired) electrons. The van der Waals surface area contributed by atoms with Crippen molar-refractivity contribution in [2.24, 2.45) is 5.92 Å². The van der Waals surface area contributed by atoms with Gasteiger partial charge in [0.25, 0.3) is 0 Å². The Morgan fingerprint density at radius 3 is 2.63 bits per heavy atom. The molecule has 1 spiro atoms. The zero-order chi connectivity index (χ0) is 20.7. The molecule has 1 aromatic rings. The first-order valence-corrected chi connectivity index (χ1v) is 11.5. The van der Waals surface area contributed by atoms with Gasteiger partial charge in [-0.15, -0.1) is 0 Å². The van der Waals surface area contributed by atoms with Crippen molar-refractivity contribution in [3.8, 4) is 0 Å². The Hall–Kier alpha value is -2.08. The average molecular weight is 413 g/mol. The van der Waals surface area contributed by atoms with Crippen molar-refractivity contribution in [2.75, 3.05) is 32.8 Å². The van der Waals surface area contributed by atoms with Gasteiger partial charge in [0.2, 0.25) is 0 Å². The largest absolute Gasteiger partial charge is 0.457 e. The number of amides is 1. The van der Waals surface area contributed by atoms with Gasteiger partial charge >= 0.3 is 12.1 Å². The van der Waals surface area contributed by atoms with Gasteiger partial charge in [0, 0.05) is 25.0 Å². The Balaban J connectivity index is 1.25. The van der Waals surface area contributed by atoms with Gasteiger partial charge in [-0.2, -0.15) is 0 Å². The minimum atomic E-state index is -0.171. The van der Waals surface area contributed by atoms with Crippen LogP contribution in [-0.2, 0) is 19.7 Å². The minimum Gasteiger partial charge on any atom is -0.457 e. The summed E-state index contributed by atoms with van der Waals surface area (Å²) in [5, 5.41) is 0. The quantitative estimate of drug-likeness (QED) is 0.694. The van der Waals surface area contributed by atoms with Crippen molar-refractivity contribution in [3.05, 3.63) is 35.4 Å². The molecule has 30 heavy (non-hydrogen) atoms. The van der Waals surface area contributed by atoms with E-state index >= 15 is 0 Å². The lowest BCUT2D eigenvalue weighted by Gasteiger charge is -2.50. The molecule has 0 aromatic heterocycles. The Labute approximate surface area is 178 Å². The van der Waals surface area contributed by atoms with Crippen LogP contribution in [0.3, 0.4) is 0 Å². The molecular weight excluding hydrogens is 380 g/mol. The molecule has 3 heterocycles. The number of fused-ring (bicyclic) bond motifs is 4. The number of benzene rings is 1. The first-order valence-electron chi connectivity index (χ1n) is 11.5. The lowest BCUT2D eigenvalue weighted by Crippen LogP contribution is -2.52. The number of carbonyl (C=O) groups is 2. The van der Waals surface area contributed by atoms with E-state index in [4.69, 9.17) is 9.47 Å². The Bertz CT molecular complexity index is 809. The molecule has 6 heteroatoms. The topological polar surface area (TPSA) is 59.1 Å². The van der Waals surface area contributed by atoms with Crippen LogP contribution in [0.25, 0.3) is 0 Å². The summed E-state index contributed by atoms with van der Waals surface area (Å²) in [6.45, 7) is 6.05. The lowest BCUT2D eigenvalue weighted by atomic mass is 9.60. The van der Waals surface area contributed by atoms with E-state index in [1.165, 1.54) is 11.1 Å². The van der Waals surface area contributed by atoms with Gasteiger partial charge in [-0.3, -0.25) is 4.79 Å². The van der Waals surface area contributed by atoms with E-state index < -0.39 is 0 Å². The van der Waals surface area contributed by atoms with E-state index in [1.54, 1.807) is 0 Å². The fourth-order valence-electron chi connectivity index (χ4n) is 6.36. The van der Waals surface area contributed by atoms with Crippen molar-refractivity contribution in [1.29, 1.82) is 0 Å².